The first-order chi connectivity index (χ1) is 13.5. The molecule has 0 unspecified atom stereocenters. The van der Waals surface area contributed by atoms with Crippen molar-refractivity contribution in [3.8, 4) is 17.4 Å². The van der Waals surface area contributed by atoms with E-state index in [1.54, 1.807) is 55.6 Å². The Bertz CT molecular complexity index is 982. The van der Waals surface area contributed by atoms with Gasteiger partial charge in [-0.3, -0.25) is 4.79 Å². The zero-order valence-electron chi connectivity index (χ0n) is 14.9. The molecule has 3 aromatic rings. The number of benzene rings is 2. The van der Waals surface area contributed by atoms with Crippen LogP contribution >= 0.6 is 23.2 Å². The van der Waals surface area contributed by atoms with Crippen molar-refractivity contribution in [2.75, 3.05) is 24.3 Å². The second-order valence-electron chi connectivity index (χ2n) is 5.67. The molecular weight excluding hydrogens is 401 g/mol. The number of nitrogens with zero attached hydrogens (tertiary/aromatic N) is 1. The Balaban J connectivity index is 1.65. The van der Waals surface area contributed by atoms with Gasteiger partial charge in [0.15, 0.2) is 5.75 Å². The van der Waals surface area contributed by atoms with E-state index in [1.165, 1.54) is 6.20 Å². The van der Waals surface area contributed by atoms with Gasteiger partial charge in [-0.05, 0) is 30.3 Å². The molecule has 0 aliphatic heterocycles. The van der Waals surface area contributed by atoms with E-state index in [9.17, 15) is 4.79 Å². The fraction of sp³-hybridized carbons (Fsp3) is 0.100. The molecule has 0 spiro atoms. The highest BCUT2D eigenvalue weighted by atomic mass is 35.5. The predicted molar refractivity (Wildman–Crippen MR) is 111 cm³/mol. The van der Waals surface area contributed by atoms with Gasteiger partial charge in [0.1, 0.15) is 10.8 Å². The fourth-order valence-corrected chi connectivity index (χ4v) is 2.78. The van der Waals surface area contributed by atoms with Crippen molar-refractivity contribution in [3.63, 3.8) is 0 Å². The third kappa shape index (κ3) is 5.28. The van der Waals surface area contributed by atoms with Crippen LogP contribution in [0.4, 0.5) is 11.4 Å². The number of aromatic nitrogens is 1. The number of amides is 1. The number of anilines is 2. The summed E-state index contributed by atoms with van der Waals surface area (Å²) in [6.07, 6.45) is 1.44. The van der Waals surface area contributed by atoms with Crippen LogP contribution in [0.15, 0.2) is 60.8 Å². The van der Waals surface area contributed by atoms with Crippen molar-refractivity contribution in [1.29, 1.82) is 0 Å². The zero-order chi connectivity index (χ0) is 19.9. The highest BCUT2D eigenvalue weighted by Crippen LogP contribution is 2.33. The topological polar surface area (TPSA) is 72.5 Å². The first kappa shape index (κ1) is 19.8. The number of carbonyl (C=O) groups is 1. The second-order valence-corrected chi connectivity index (χ2v) is 6.52. The van der Waals surface area contributed by atoms with Gasteiger partial charge in [0.2, 0.25) is 11.8 Å². The molecule has 0 aliphatic rings. The van der Waals surface area contributed by atoms with E-state index in [0.29, 0.717) is 27.9 Å². The van der Waals surface area contributed by atoms with Crippen molar-refractivity contribution in [2.24, 2.45) is 0 Å². The average molecular weight is 418 g/mol. The molecule has 1 heterocycles. The predicted octanol–water partition coefficient (Wildman–Crippen LogP) is 5.24. The molecule has 0 bridgehead atoms. The summed E-state index contributed by atoms with van der Waals surface area (Å²) in [5, 5.41) is 6.55. The van der Waals surface area contributed by atoms with Gasteiger partial charge in [-0.2, -0.15) is 0 Å². The standard InChI is InChI=1S/C20H17Cl2N3O3/c1-27-15-6-4-5-14(10-15)25-19(26)12-23-17-7-2-3-8-18(17)28-20-16(22)9-13(21)11-24-20/h2-11,23H,12H2,1H3,(H,25,26). The van der Waals surface area contributed by atoms with Crippen molar-refractivity contribution in [1.82, 2.24) is 4.98 Å². The summed E-state index contributed by atoms with van der Waals surface area (Å²) in [5.41, 5.74) is 1.27. The molecule has 2 aromatic carbocycles. The summed E-state index contributed by atoms with van der Waals surface area (Å²) in [4.78, 5) is 16.3. The highest BCUT2D eigenvalue weighted by molar-refractivity contribution is 6.35. The SMILES string of the molecule is COc1cccc(NC(=O)CNc2ccccc2Oc2ncc(Cl)cc2Cl)c1. The van der Waals surface area contributed by atoms with E-state index < -0.39 is 0 Å². The summed E-state index contributed by atoms with van der Waals surface area (Å²) in [7, 11) is 1.57. The lowest BCUT2D eigenvalue weighted by molar-refractivity contribution is -0.114. The number of rotatable bonds is 7. The molecule has 144 valence electrons. The number of ether oxygens (including phenoxy) is 2. The van der Waals surface area contributed by atoms with Crippen LogP contribution in [0.2, 0.25) is 10.0 Å². The Labute approximate surface area is 172 Å². The molecule has 28 heavy (non-hydrogen) atoms. The van der Waals surface area contributed by atoms with Crippen LogP contribution in [-0.2, 0) is 4.79 Å². The fourth-order valence-electron chi connectivity index (χ4n) is 2.36. The summed E-state index contributed by atoms with van der Waals surface area (Å²) >= 11 is 12.0. The smallest absolute Gasteiger partial charge is 0.243 e. The molecule has 0 aliphatic carbocycles. The number of hydrogen-bond donors (Lipinski definition) is 2. The molecule has 0 atom stereocenters. The van der Waals surface area contributed by atoms with Crippen molar-refractivity contribution < 1.29 is 14.3 Å². The molecule has 2 N–H and O–H groups in total. The van der Waals surface area contributed by atoms with Crippen LogP contribution in [-0.4, -0.2) is 24.5 Å². The Hall–Kier alpha value is -2.96. The molecule has 8 heteroatoms. The van der Waals surface area contributed by atoms with Gasteiger partial charge in [0.05, 0.1) is 24.4 Å². The normalized spacial score (nSPS) is 10.2. The van der Waals surface area contributed by atoms with Gasteiger partial charge in [0.25, 0.3) is 0 Å². The molecule has 0 saturated heterocycles. The van der Waals surface area contributed by atoms with E-state index >= 15 is 0 Å². The second kappa shape index (κ2) is 9.30. The van der Waals surface area contributed by atoms with Gasteiger partial charge in [-0.1, -0.05) is 41.4 Å². The third-order valence-corrected chi connectivity index (χ3v) is 4.14. The van der Waals surface area contributed by atoms with E-state index in [0.717, 1.165) is 0 Å². The number of hydrogen-bond acceptors (Lipinski definition) is 5. The van der Waals surface area contributed by atoms with Gasteiger partial charge in [0, 0.05) is 18.0 Å². The van der Waals surface area contributed by atoms with Crippen LogP contribution < -0.4 is 20.1 Å². The van der Waals surface area contributed by atoms with Crippen molar-refractivity contribution >= 4 is 40.5 Å². The minimum Gasteiger partial charge on any atom is -0.497 e. The lowest BCUT2D eigenvalue weighted by Gasteiger charge is -2.13. The average Bonchev–Trinajstić information content (AvgIpc) is 2.69. The number of carbonyl (C=O) groups excluding carboxylic acids is 1. The maximum atomic E-state index is 12.2. The Morgan fingerprint density at radius 2 is 1.93 bits per heavy atom. The first-order valence-electron chi connectivity index (χ1n) is 8.31. The summed E-state index contributed by atoms with van der Waals surface area (Å²) in [6, 6.07) is 15.8. The number of para-hydroxylation sites is 2. The van der Waals surface area contributed by atoms with Gasteiger partial charge >= 0.3 is 0 Å². The maximum Gasteiger partial charge on any atom is 0.243 e. The molecule has 0 radical (unpaired) electrons. The molecule has 1 aromatic heterocycles. The van der Waals surface area contributed by atoms with E-state index in [2.05, 4.69) is 15.6 Å². The lowest BCUT2D eigenvalue weighted by atomic mass is 10.3. The van der Waals surface area contributed by atoms with E-state index in [4.69, 9.17) is 32.7 Å². The van der Waals surface area contributed by atoms with Crippen LogP contribution in [0.1, 0.15) is 0 Å². The molecular formula is C20H17Cl2N3O3. The van der Waals surface area contributed by atoms with Gasteiger partial charge in [-0.25, -0.2) is 4.98 Å². The van der Waals surface area contributed by atoms with E-state index in [-0.39, 0.29) is 23.4 Å². The number of halogens is 2. The summed E-state index contributed by atoms with van der Waals surface area (Å²) in [6.45, 7) is 0.0410. The summed E-state index contributed by atoms with van der Waals surface area (Å²) in [5.74, 6) is 1.15. The molecule has 3 rings (SSSR count). The molecule has 6 nitrogen and oxygen atoms in total. The maximum absolute atomic E-state index is 12.2. The number of nitrogens with one attached hydrogen (secondary N) is 2. The zero-order valence-corrected chi connectivity index (χ0v) is 16.4. The first-order valence-corrected chi connectivity index (χ1v) is 9.06. The van der Waals surface area contributed by atoms with Crippen LogP contribution in [0.5, 0.6) is 17.4 Å². The van der Waals surface area contributed by atoms with Gasteiger partial charge < -0.3 is 20.1 Å². The Morgan fingerprint density at radius 3 is 2.71 bits per heavy atom. The molecule has 0 fully saturated rings. The quantitative estimate of drug-likeness (QED) is 0.549. The minimum absolute atomic E-state index is 0.0410. The number of methoxy groups -OCH3 is 1. The van der Waals surface area contributed by atoms with Crippen LogP contribution in [0.25, 0.3) is 0 Å². The number of pyridine rings is 1. The van der Waals surface area contributed by atoms with Crippen LogP contribution in [0, 0.1) is 0 Å². The lowest BCUT2D eigenvalue weighted by Crippen LogP contribution is -2.21. The van der Waals surface area contributed by atoms with Gasteiger partial charge in [-0.15, -0.1) is 0 Å². The van der Waals surface area contributed by atoms with Crippen LogP contribution in [0.3, 0.4) is 0 Å². The monoisotopic (exact) mass is 417 g/mol. The summed E-state index contributed by atoms with van der Waals surface area (Å²) < 4.78 is 10.9. The van der Waals surface area contributed by atoms with Crippen molar-refractivity contribution in [2.45, 2.75) is 0 Å². The largest absolute Gasteiger partial charge is 0.497 e. The third-order valence-electron chi connectivity index (χ3n) is 3.66. The molecule has 0 saturated carbocycles. The minimum atomic E-state index is -0.217. The Morgan fingerprint density at radius 1 is 1.11 bits per heavy atom. The highest BCUT2D eigenvalue weighted by Gasteiger charge is 2.10. The van der Waals surface area contributed by atoms with Crippen molar-refractivity contribution in [3.05, 3.63) is 70.8 Å². The molecule has 1 amide bonds. The Kier molecular flexibility index (Phi) is 6.57. The van der Waals surface area contributed by atoms with E-state index in [1.807, 2.05) is 6.07 Å².